The standard InChI is InChI=1S/C25H28N2O6S/c1-32-22-10-6-19(7-11-22)18-4-8-21(9-5-18)27(34(30)31)24(25(28)29)20-12-14-26(15-13-20)17-23-3-2-16-33-23/h2-11,16,20,24H,12-15,17H2,1H3,(H,28,29)(H,30,31)/p-1. The molecule has 1 saturated heterocycles. The Morgan fingerprint density at radius 1 is 1.15 bits per heavy atom. The van der Waals surface area contributed by atoms with Crippen LogP contribution in [0.2, 0.25) is 0 Å². The van der Waals surface area contributed by atoms with Gasteiger partial charge in [0.1, 0.15) is 17.6 Å². The van der Waals surface area contributed by atoms with Crippen LogP contribution in [0.25, 0.3) is 11.1 Å². The number of methoxy groups -OCH3 is 1. The van der Waals surface area contributed by atoms with Gasteiger partial charge in [-0.15, -0.1) is 0 Å². The van der Waals surface area contributed by atoms with Gasteiger partial charge in [0.05, 0.1) is 19.9 Å². The van der Waals surface area contributed by atoms with Crippen molar-refractivity contribution in [3.05, 3.63) is 72.7 Å². The van der Waals surface area contributed by atoms with Crippen molar-refractivity contribution in [3.63, 3.8) is 0 Å². The quantitative estimate of drug-likeness (QED) is 0.460. The molecule has 0 aliphatic carbocycles. The Labute approximate surface area is 201 Å². The molecule has 2 heterocycles. The van der Waals surface area contributed by atoms with Crippen molar-refractivity contribution >= 4 is 22.9 Å². The highest BCUT2D eigenvalue weighted by atomic mass is 32.2. The van der Waals surface area contributed by atoms with Crippen LogP contribution in [0.5, 0.6) is 5.75 Å². The lowest BCUT2D eigenvalue weighted by Gasteiger charge is -2.40. The summed E-state index contributed by atoms with van der Waals surface area (Å²) in [6, 6.07) is 17.0. The number of anilines is 1. The van der Waals surface area contributed by atoms with Crippen LogP contribution in [0.4, 0.5) is 5.69 Å². The van der Waals surface area contributed by atoms with Crippen LogP contribution in [0.1, 0.15) is 18.6 Å². The third kappa shape index (κ3) is 5.49. The van der Waals surface area contributed by atoms with Gasteiger partial charge < -0.3 is 18.8 Å². The van der Waals surface area contributed by atoms with Crippen molar-refractivity contribution in [1.82, 2.24) is 4.90 Å². The molecule has 0 radical (unpaired) electrons. The van der Waals surface area contributed by atoms with Crippen LogP contribution in [0, 0.1) is 5.92 Å². The molecule has 3 aromatic rings. The molecule has 1 fully saturated rings. The number of carboxylic acids is 1. The highest BCUT2D eigenvalue weighted by Gasteiger charge is 2.37. The number of piperidine rings is 1. The van der Waals surface area contributed by atoms with E-state index in [-0.39, 0.29) is 5.92 Å². The summed E-state index contributed by atoms with van der Waals surface area (Å²) in [6.45, 7) is 2.00. The first-order valence-corrected chi connectivity index (χ1v) is 12.1. The summed E-state index contributed by atoms with van der Waals surface area (Å²) in [4.78, 5) is 14.4. The zero-order chi connectivity index (χ0) is 24.1. The molecule has 1 aliphatic rings. The predicted octanol–water partition coefficient (Wildman–Crippen LogP) is 3.92. The van der Waals surface area contributed by atoms with E-state index in [4.69, 9.17) is 9.15 Å². The van der Waals surface area contributed by atoms with Crippen molar-refractivity contribution in [3.8, 4) is 16.9 Å². The van der Waals surface area contributed by atoms with E-state index in [1.54, 1.807) is 37.6 Å². The summed E-state index contributed by atoms with van der Waals surface area (Å²) < 4.78 is 36.0. The first-order valence-electron chi connectivity index (χ1n) is 11.1. The minimum atomic E-state index is -2.74. The number of benzene rings is 2. The maximum Gasteiger partial charge on any atom is 0.327 e. The van der Waals surface area contributed by atoms with E-state index in [0.717, 1.165) is 26.9 Å². The second-order valence-electron chi connectivity index (χ2n) is 8.29. The number of carbonyl (C=O) groups is 1. The first-order chi connectivity index (χ1) is 16.5. The van der Waals surface area contributed by atoms with Crippen molar-refractivity contribution in [2.24, 2.45) is 5.92 Å². The molecule has 4 rings (SSSR count). The SMILES string of the molecule is COc1ccc(-c2ccc(N(C(C(=O)O)C3CCN(Cc4ccco4)CC3)S(=O)[O-])cc2)cc1. The van der Waals surface area contributed by atoms with E-state index in [1.807, 2.05) is 36.4 Å². The number of ether oxygens (including phenoxy) is 1. The molecule has 0 amide bonds. The number of hydrogen-bond donors (Lipinski definition) is 1. The van der Waals surface area contributed by atoms with Gasteiger partial charge >= 0.3 is 5.97 Å². The van der Waals surface area contributed by atoms with Crippen LogP contribution in [-0.4, -0.2) is 51.0 Å². The average Bonchev–Trinajstić information content (AvgIpc) is 3.36. The van der Waals surface area contributed by atoms with Crippen LogP contribution in [0.3, 0.4) is 0 Å². The lowest BCUT2D eigenvalue weighted by Crippen LogP contribution is -2.50. The van der Waals surface area contributed by atoms with Gasteiger partial charge in [0, 0.05) is 17.0 Å². The lowest BCUT2D eigenvalue weighted by molar-refractivity contribution is -0.140. The Morgan fingerprint density at radius 3 is 2.26 bits per heavy atom. The van der Waals surface area contributed by atoms with Crippen molar-refractivity contribution < 1.29 is 27.8 Å². The van der Waals surface area contributed by atoms with E-state index in [9.17, 15) is 18.7 Å². The Kier molecular flexibility index (Phi) is 7.66. The molecular weight excluding hydrogens is 456 g/mol. The van der Waals surface area contributed by atoms with E-state index in [2.05, 4.69) is 4.90 Å². The summed E-state index contributed by atoms with van der Waals surface area (Å²) in [6.07, 6.45) is 2.79. The molecule has 0 spiro atoms. The van der Waals surface area contributed by atoms with Crippen LogP contribution < -0.4 is 9.04 Å². The Balaban J connectivity index is 1.50. The Bertz CT molecular complexity index is 1090. The fourth-order valence-electron chi connectivity index (χ4n) is 4.47. The molecule has 2 atom stereocenters. The second kappa shape index (κ2) is 10.9. The monoisotopic (exact) mass is 483 g/mol. The van der Waals surface area contributed by atoms with Gasteiger partial charge in [-0.25, -0.2) is 4.79 Å². The highest BCUT2D eigenvalue weighted by Crippen LogP contribution is 2.31. The largest absolute Gasteiger partial charge is 0.755 e. The maximum atomic E-state index is 12.2. The smallest absolute Gasteiger partial charge is 0.327 e. The number of rotatable bonds is 9. The lowest BCUT2D eigenvalue weighted by atomic mass is 9.89. The van der Waals surface area contributed by atoms with Gasteiger partial charge in [0.2, 0.25) is 0 Å². The van der Waals surface area contributed by atoms with E-state index < -0.39 is 23.3 Å². The normalized spacial score (nSPS) is 16.6. The molecule has 1 aromatic heterocycles. The summed E-state index contributed by atoms with van der Waals surface area (Å²) in [5, 5.41) is 10.0. The summed E-state index contributed by atoms with van der Waals surface area (Å²) in [7, 11) is 1.60. The third-order valence-electron chi connectivity index (χ3n) is 6.25. The molecule has 34 heavy (non-hydrogen) atoms. The molecule has 0 saturated carbocycles. The summed E-state index contributed by atoms with van der Waals surface area (Å²) >= 11 is -2.74. The Morgan fingerprint density at radius 2 is 1.76 bits per heavy atom. The van der Waals surface area contributed by atoms with Crippen LogP contribution in [0.15, 0.2) is 71.3 Å². The van der Waals surface area contributed by atoms with Gasteiger partial charge in [-0.05, 0) is 79.4 Å². The van der Waals surface area contributed by atoms with Crippen molar-refractivity contribution in [1.29, 1.82) is 0 Å². The minimum Gasteiger partial charge on any atom is -0.755 e. The molecular formula is C25H27N2O6S-. The number of nitrogens with zero attached hydrogens (tertiary/aromatic N) is 2. The number of hydrogen-bond acceptors (Lipinski definition) is 6. The molecule has 180 valence electrons. The van der Waals surface area contributed by atoms with Gasteiger partial charge in [-0.1, -0.05) is 24.3 Å². The molecule has 2 unspecified atom stereocenters. The highest BCUT2D eigenvalue weighted by molar-refractivity contribution is 7.80. The van der Waals surface area contributed by atoms with Crippen molar-refractivity contribution in [2.45, 2.75) is 25.4 Å². The third-order valence-corrected chi connectivity index (χ3v) is 7.01. The van der Waals surface area contributed by atoms with Crippen molar-refractivity contribution in [2.75, 3.05) is 24.5 Å². The number of furan rings is 1. The van der Waals surface area contributed by atoms with E-state index in [0.29, 0.717) is 38.2 Å². The van der Waals surface area contributed by atoms with Gasteiger partial charge in [0.25, 0.3) is 0 Å². The zero-order valence-corrected chi connectivity index (χ0v) is 19.6. The number of aliphatic carboxylic acids is 1. The fraction of sp³-hybridized carbons (Fsp3) is 0.320. The topological polar surface area (TPSA) is 106 Å². The molecule has 0 bridgehead atoms. The maximum absolute atomic E-state index is 12.2. The molecule has 2 aromatic carbocycles. The molecule has 8 nitrogen and oxygen atoms in total. The van der Waals surface area contributed by atoms with Gasteiger partial charge in [-0.3, -0.25) is 13.4 Å². The van der Waals surface area contributed by atoms with E-state index in [1.165, 1.54) is 0 Å². The first kappa shape index (κ1) is 24.0. The predicted molar refractivity (Wildman–Crippen MR) is 128 cm³/mol. The molecule has 1 aliphatic heterocycles. The van der Waals surface area contributed by atoms with Crippen LogP contribution in [-0.2, 0) is 22.6 Å². The average molecular weight is 484 g/mol. The number of likely N-dealkylation sites (tertiary alicyclic amines) is 1. The van der Waals surface area contributed by atoms with Gasteiger partial charge in [0.15, 0.2) is 0 Å². The summed E-state index contributed by atoms with van der Waals surface area (Å²) in [5.41, 5.74) is 2.16. The van der Waals surface area contributed by atoms with Crippen LogP contribution >= 0.6 is 0 Å². The Hall–Kier alpha value is -3.14. The van der Waals surface area contributed by atoms with E-state index >= 15 is 0 Å². The number of carboxylic acid groups (broad SMARTS) is 1. The second-order valence-corrected chi connectivity index (χ2v) is 9.12. The molecule has 9 heteroatoms. The zero-order valence-electron chi connectivity index (χ0n) is 18.8. The minimum absolute atomic E-state index is 0.301. The fourth-order valence-corrected chi connectivity index (χ4v) is 5.21. The molecule has 1 N–H and O–H groups in total. The summed E-state index contributed by atoms with van der Waals surface area (Å²) in [5.74, 6) is 0.151. The van der Waals surface area contributed by atoms with Gasteiger partial charge in [-0.2, -0.15) is 0 Å².